The fourth-order valence-electron chi connectivity index (χ4n) is 3.65. The first-order chi connectivity index (χ1) is 15.5. The number of nitrogens with zero attached hydrogens (tertiary/aromatic N) is 4. The number of hydrogen-bond donors (Lipinski definition) is 1. The van der Waals surface area contributed by atoms with Gasteiger partial charge in [-0.2, -0.15) is 0 Å². The maximum Gasteiger partial charge on any atom is 0.262 e. The van der Waals surface area contributed by atoms with Crippen LogP contribution in [0.15, 0.2) is 67.1 Å². The Morgan fingerprint density at radius 3 is 2.50 bits per heavy atom. The molecule has 0 unspecified atom stereocenters. The molecule has 32 heavy (non-hydrogen) atoms. The molecule has 158 valence electrons. The fourth-order valence-corrected chi connectivity index (χ4v) is 3.65. The van der Waals surface area contributed by atoms with Crippen LogP contribution in [0.5, 0.6) is 5.75 Å². The number of aromatic nitrogens is 3. The highest BCUT2D eigenvalue weighted by Gasteiger charge is 2.36. The van der Waals surface area contributed by atoms with E-state index in [1.54, 1.807) is 53.1 Å². The third kappa shape index (κ3) is 3.25. The van der Waals surface area contributed by atoms with Crippen molar-refractivity contribution in [1.29, 1.82) is 0 Å². The third-order valence-electron chi connectivity index (χ3n) is 5.18. The SMILES string of the molecule is COc1ccc(-c2cn3cccnc3n2)cc1NC(=O)CN1C(=O)c2ccccc2C1=O. The van der Waals surface area contributed by atoms with E-state index in [-0.39, 0.29) is 0 Å². The Morgan fingerprint density at radius 2 is 1.81 bits per heavy atom. The van der Waals surface area contributed by atoms with Gasteiger partial charge in [-0.1, -0.05) is 12.1 Å². The van der Waals surface area contributed by atoms with Crippen LogP contribution in [0.2, 0.25) is 0 Å². The number of anilines is 1. The maximum atomic E-state index is 12.7. The van der Waals surface area contributed by atoms with E-state index in [1.165, 1.54) is 7.11 Å². The molecule has 0 saturated heterocycles. The Kier molecular flexibility index (Phi) is 4.63. The number of methoxy groups -OCH3 is 1. The van der Waals surface area contributed by atoms with Gasteiger partial charge in [0.25, 0.3) is 11.8 Å². The van der Waals surface area contributed by atoms with E-state index >= 15 is 0 Å². The zero-order valence-electron chi connectivity index (χ0n) is 17.0. The van der Waals surface area contributed by atoms with Crippen LogP contribution >= 0.6 is 0 Å². The Hall–Kier alpha value is -4.53. The highest BCUT2D eigenvalue weighted by Crippen LogP contribution is 2.30. The molecule has 1 N–H and O–H groups in total. The van der Waals surface area contributed by atoms with Gasteiger partial charge in [0, 0.05) is 24.2 Å². The van der Waals surface area contributed by atoms with Gasteiger partial charge >= 0.3 is 0 Å². The smallest absolute Gasteiger partial charge is 0.262 e. The number of imidazole rings is 1. The summed E-state index contributed by atoms with van der Waals surface area (Å²) in [4.78, 5) is 47.4. The molecule has 0 spiro atoms. The first kappa shape index (κ1) is 19.4. The Balaban J connectivity index is 1.39. The average Bonchev–Trinajstić information content (AvgIpc) is 3.35. The normalized spacial score (nSPS) is 12.8. The number of imide groups is 1. The van der Waals surface area contributed by atoms with Crippen LogP contribution in [-0.2, 0) is 4.79 Å². The predicted octanol–water partition coefficient (Wildman–Crippen LogP) is 2.64. The summed E-state index contributed by atoms with van der Waals surface area (Å²) in [5.41, 5.74) is 2.40. The highest BCUT2D eigenvalue weighted by molar-refractivity contribution is 6.22. The Morgan fingerprint density at radius 1 is 1.06 bits per heavy atom. The van der Waals surface area contributed by atoms with Crippen molar-refractivity contribution in [3.8, 4) is 17.0 Å². The lowest BCUT2D eigenvalue weighted by atomic mass is 10.1. The summed E-state index contributed by atoms with van der Waals surface area (Å²) in [6.07, 6.45) is 5.33. The number of amides is 3. The molecule has 0 saturated carbocycles. The third-order valence-corrected chi connectivity index (χ3v) is 5.18. The minimum atomic E-state index is -0.522. The van der Waals surface area contributed by atoms with Gasteiger partial charge < -0.3 is 10.1 Å². The molecule has 9 heteroatoms. The first-order valence-electron chi connectivity index (χ1n) is 9.78. The molecule has 0 atom stereocenters. The van der Waals surface area contributed by atoms with Crippen molar-refractivity contribution in [2.24, 2.45) is 0 Å². The Bertz CT molecular complexity index is 1330. The predicted molar refractivity (Wildman–Crippen MR) is 115 cm³/mol. The zero-order valence-corrected chi connectivity index (χ0v) is 17.0. The number of rotatable bonds is 5. The number of ether oxygens (including phenoxy) is 1. The van der Waals surface area contributed by atoms with Crippen molar-refractivity contribution in [2.45, 2.75) is 0 Å². The summed E-state index contributed by atoms with van der Waals surface area (Å²) in [5, 5.41) is 2.74. The largest absolute Gasteiger partial charge is 0.495 e. The second-order valence-corrected chi connectivity index (χ2v) is 7.16. The highest BCUT2D eigenvalue weighted by atomic mass is 16.5. The summed E-state index contributed by atoms with van der Waals surface area (Å²) >= 11 is 0. The van der Waals surface area contributed by atoms with Crippen LogP contribution in [0, 0.1) is 0 Å². The zero-order chi connectivity index (χ0) is 22.2. The molecule has 0 fully saturated rings. The molecule has 9 nitrogen and oxygen atoms in total. The van der Waals surface area contributed by atoms with Crippen molar-refractivity contribution >= 4 is 29.2 Å². The second-order valence-electron chi connectivity index (χ2n) is 7.16. The number of hydrogen-bond acceptors (Lipinski definition) is 6. The van der Waals surface area contributed by atoms with Crippen LogP contribution in [0.3, 0.4) is 0 Å². The quantitative estimate of drug-likeness (QED) is 0.491. The number of benzene rings is 2. The molecule has 2 aromatic carbocycles. The molecule has 0 aliphatic carbocycles. The van der Waals surface area contributed by atoms with Crippen molar-refractivity contribution in [2.75, 3.05) is 19.0 Å². The molecule has 4 aromatic rings. The molecule has 0 radical (unpaired) electrons. The fraction of sp³-hybridized carbons (Fsp3) is 0.0870. The minimum absolute atomic E-state index is 0.297. The van der Waals surface area contributed by atoms with Crippen molar-refractivity contribution in [3.05, 3.63) is 78.2 Å². The van der Waals surface area contributed by atoms with Crippen LogP contribution in [0.4, 0.5) is 5.69 Å². The molecular weight excluding hydrogens is 410 g/mol. The molecule has 1 aliphatic heterocycles. The van der Waals surface area contributed by atoms with E-state index in [9.17, 15) is 14.4 Å². The van der Waals surface area contributed by atoms with Gasteiger partial charge in [-0.25, -0.2) is 9.97 Å². The lowest BCUT2D eigenvalue weighted by Crippen LogP contribution is -2.37. The van der Waals surface area contributed by atoms with E-state index < -0.39 is 24.3 Å². The summed E-state index contributed by atoms with van der Waals surface area (Å²) in [7, 11) is 1.49. The maximum absolute atomic E-state index is 12.7. The number of carbonyl (C=O) groups excluding carboxylic acids is 3. The molecule has 5 rings (SSSR count). The molecule has 2 aromatic heterocycles. The first-order valence-corrected chi connectivity index (χ1v) is 9.78. The van der Waals surface area contributed by atoms with Crippen molar-refractivity contribution in [3.63, 3.8) is 0 Å². The van der Waals surface area contributed by atoms with Gasteiger partial charge in [-0.15, -0.1) is 0 Å². The molecule has 3 heterocycles. The van der Waals surface area contributed by atoms with Gasteiger partial charge in [0.15, 0.2) is 0 Å². The number of nitrogens with one attached hydrogen (secondary N) is 1. The van der Waals surface area contributed by atoms with Crippen molar-refractivity contribution < 1.29 is 19.1 Å². The van der Waals surface area contributed by atoms with E-state index in [4.69, 9.17) is 4.74 Å². The summed E-state index contributed by atoms with van der Waals surface area (Å²) in [6, 6.07) is 13.6. The Labute approximate surface area is 182 Å². The van der Waals surface area contributed by atoms with E-state index in [0.29, 0.717) is 34.0 Å². The molecule has 1 aliphatic rings. The molecular formula is C23H17N5O4. The van der Waals surface area contributed by atoms with E-state index in [1.807, 2.05) is 18.5 Å². The van der Waals surface area contributed by atoms with Gasteiger partial charge in [0.1, 0.15) is 12.3 Å². The summed E-state index contributed by atoms with van der Waals surface area (Å²) in [5.74, 6) is -0.509. The average molecular weight is 427 g/mol. The number of carbonyl (C=O) groups is 3. The van der Waals surface area contributed by atoms with Crippen LogP contribution in [-0.4, -0.2) is 50.6 Å². The summed E-state index contributed by atoms with van der Waals surface area (Å²) < 4.78 is 7.15. The number of fused-ring (bicyclic) bond motifs is 2. The van der Waals surface area contributed by atoms with Gasteiger partial charge in [0.05, 0.1) is 29.6 Å². The molecule has 0 bridgehead atoms. The van der Waals surface area contributed by atoms with Gasteiger partial charge in [0.2, 0.25) is 11.7 Å². The van der Waals surface area contributed by atoms with Crippen LogP contribution in [0.1, 0.15) is 20.7 Å². The minimum Gasteiger partial charge on any atom is -0.495 e. The lowest BCUT2D eigenvalue weighted by Gasteiger charge is -2.15. The standard InChI is InChI=1S/C23H17N5O4/c1-32-19-8-7-14(18-12-27-10-4-9-24-23(27)26-18)11-17(19)25-20(29)13-28-21(30)15-5-2-3-6-16(15)22(28)31/h2-12H,13H2,1H3,(H,25,29). The van der Waals surface area contributed by atoms with E-state index in [2.05, 4.69) is 15.3 Å². The lowest BCUT2D eigenvalue weighted by molar-refractivity contribution is -0.116. The van der Waals surface area contributed by atoms with Crippen LogP contribution in [0.25, 0.3) is 17.0 Å². The van der Waals surface area contributed by atoms with Crippen molar-refractivity contribution in [1.82, 2.24) is 19.3 Å². The topological polar surface area (TPSA) is 106 Å². The van der Waals surface area contributed by atoms with Gasteiger partial charge in [-0.3, -0.25) is 23.7 Å². The molecule has 3 amide bonds. The van der Waals surface area contributed by atoms with Crippen LogP contribution < -0.4 is 10.1 Å². The monoisotopic (exact) mass is 427 g/mol. The second kappa shape index (κ2) is 7.62. The van der Waals surface area contributed by atoms with Gasteiger partial charge in [-0.05, 0) is 36.4 Å². The van der Waals surface area contributed by atoms with E-state index in [0.717, 1.165) is 10.5 Å². The summed E-state index contributed by atoms with van der Waals surface area (Å²) in [6.45, 7) is -0.405.